The van der Waals surface area contributed by atoms with Crippen LogP contribution in [0.5, 0.6) is 5.75 Å². The maximum atomic E-state index is 13.7. The van der Waals surface area contributed by atoms with Crippen LogP contribution in [0.4, 0.5) is 4.39 Å². The molecule has 0 aliphatic carbocycles. The summed E-state index contributed by atoms with van der Waals surface area (Å²) in [7, 11) is 0. The number of halogens is 1. The summed E-state index contributed by atoms with van der Waals surface area (Å²) in [5.41, 5.74) is 2.98. The molecule has 2 unspecified atom stereocenters. The number of hydrogen-bond donors (Lipinski definition) is 1. The zero-order valence-corrected chi connectivity index (χ0v) is 18.7. The zero-order valence-electron chi connectivity index (χ0n) is 18.7. The molecule has 3 aromatic carbocycles. The standard InChI is InChI=1S/C28H24FNO4/c1-17-15-21-16-20(9-12-23(21)34-17)26(31)24-25(19-7-10-22(29)11-8-19)30(28(33)27(24)32)14-13-18-5-3-2-4-6-18/h2-12,16-17,25,31H,13-15H2,1H3/b26-24+. The highest BCUT2D eigenvalue weighted by atomic mass is 19.1. The predicted octanol–water partition coefficient (Wildman–Crippen LogP) is 4.81. The van der Waals surface area contributed by atoms with Crippen LogP contribution >= 0.6 is 0 Å². The number of nitrogens with zero attached hydrogens (tertiary/aromatic N) is 1. The number of rotatable bonds is 5. The molecule has 0 saturated carbocycles. The topological polar surface area (TPSA) is 66.8 Å². The number of fused-ring (bicyclic) bond motifs is 1. The lowest BCUT2D eigenvalue weighted by Gasteiger charge is -2.25. The van der Waals surface area contributed by atoms with Crippen molar-refractivity contribution in [2.24, 2.45) is 0 Å². The van der Waals surface area contributed by atoms with Gasteiger partial charge in [-0.25, -0.2) is 4.39 Å². The first-order chi connectivity index (χ1) is 16.4. The van der Waals surface area contributed by atoms with E-state index >= 15 is 0 Å². The summed E-state index contributed by atoms with van der Waals surface area (Å²) >= 11 is 0. The molecule has 2 aliphatic heterocycles. The first-order valence-corrected chi connectivity index (χ1v) is 11.3. The maximum Gasteiger partial charge on any atom is 0.295 e. The molecule has 0 bridgehead atoms. The largest absolute Gasteiger partial charge is 0.507 e. The lowest BCUT2D eigenvalue weighted by molar-refractivity contribution is -0.139. The van der Waals surface area contributed by atoms with Crippen molar-refractivity contribution in [2.45, 2.75) is 31.9 Å². The van der Waals surface area contributed by atoms with Crippen molar-refractivity contribution >= 4 is 17.4 Å². The van der Waals surface area contributed by atoms with Gasteiger partial charge in [-0.2, -0.15) is 0 Å². The summed E-state index contributed by atoms with van der Waals surface area (Å²) in [5.74, 6) is -1.33. The van der Waals surface area contributed by atoms with Gasteiger partial charge in [0.15, 0.2) is 0 Å². The molecule has 172 valence electrons. The van der Waals surface area contributed by atoms with Gasteiger partial charge in [-0.3, -0.25) is 9.59 Å². The number of aliphatic hydroxyl groups excluding tert-OH is 1. The number of Topliss-reactive ketones (excluding diaryl/α,β-unsaturated/α-hetero) is 1. The van der Waals surface area contributed by atoms with Crippen molar-refractivity contribution in [3.05, 3.63) is 106 Å². The number of likely N-dealkylation sites (tertiary alicyclic amines) is 1. The minimum Gasteiger partial charge on any atom is -0.507 e. The lowest BCUT2D eigenvalue weighted by atomic mass is 9.94. The molecule has 3 aromatic rings. The summed E-state index contributed by atoms with van der Waals surface area (Å²) < 4.78 is 19.4. The van der Waals surface area contributed by atoms with E-state index in [1.54, 1.807) is 30.3 Å². The number of ketones is 1. The number of amides is 1. The average Bonchev–Trinajstić information content (AvgIpc) is 3.34. The van der Waals surface area contributed by atoms with E-state index in [1.165, 1.54) is 17.0 Å². The summed E-state index contributed by atoms with van der Waals surface area (Å²) in [6.07, 6.45) is 1.28. The highest BCUT2D eigenvalue weighted by Gasteiger charge is 2.45. The molecule has 34 heavy (non-hydrogen) atoms. The third-order valence-corrected chi connectivity index (χ3v) is 6.38. The highest BCUT2D eigenvalue weighted by Crippen LogP contribution is 2.40. The Morgan fingerprint density at radius 1 is 1.06 bits per heavy atom. The molecule has 1 N–H and O–H groups in total. The fraction of sp³-hybridized carbons (Fsp3) is 0.214. The SMILES string of the molecule is CC1Cc2cc(/C(O)=C3\C(=O)C(=O)N(CCc4ccccc4)C3c3ccc(F)cc3)ccc2O1. The Hall–Kier alpha value is -3.93. The lowest BCUT2D eigenvalue weighted by Crippen LogP contribution is -2.31. The van der Waals surface area contributed by atoms with Crippen molar-refractivity contribution in [2.75, 3.05) is 6.54 Å². The van der Waals surface area contributed by atoms with Crippen LogP contribution in [0, 0.1) is 5.82 Å². The highest BCUT2D eigenvalue weighted by molar-refractivity contribution is 6.46. The Labute approximate surface area is 197 Å². The van der Waals surface area contributed by atoms with Crippen LogP contribution in [0.15, 0.2) is 78.4 Å². The van der Waals surface area contributed by atoms with Gasteiger partial charge in [0.05, 0.1) is 11.6 Å². The molecule has 1 fully saturated rings. The van der Waals surface area contributed by atoms with E-state index in [0.29, 0.717) is 24.0 Å². The smallest absolute Gasteiger partial charge is 0.295 e. The molecule has 1 saturated heterocycles. The van der Waals surface area contributed by atoms with Crippen LogP contribution < -0.4 is 4.74 Å². The van der Waals surface area contributed by atoms with Gasteiger partial charge in [0.1, 0.15) is 23.4 Å². The van der Waals surface area contributed by atoms with Crippen molar-refractivity contribution in [1.82, 2.24) is 4.90 Å². The Bertz CT molecular complexity index is 1280. The normalized spacial score (nSPS) is 20.9. The first-order valence-electron chi connectivity index (χ1n) is 11.3. The number of ether oxygens (including phenoxy) is 1. The van der Waals surface area contributed by atoms with Crippen LogP contribution in [-0.2, 0) is 22.4 Å². The molecule has 0 radical (unpaired) electrons. The Kier molecular flexibility index (Phi) is 5.65. The van der Waals surface area contributed by atoms with Crippen molar-refractivity contribution in [3.63, 3.8) is 0 Å². The summed E-state index contributed by atoms with van der Waals surface area (Å²) in [6.45, 7) is 2.25. The molecule has 6 heteroatoms. The molecule has 1 amide bonds. The van der Waals surface area contributed by atoms with E-state index in [4.69, 9.17) is 4.74 Å². The van der Waals surface area contributed by atoms with Gasteiger partial charge in [0, 0.05) is 18.5 Å². The first kappa shape index (κ1) is 21.9. The Morgan fingerprint density at radius 3 is 2.53 bits per heavy atom. The van der Waals surface area contributed by atoms with E-state index in [-0.39, 0.29) is 24.0 Å². The van der Waals surface area contributed by atoms with Gasteiger partial charge in [-0.05, 0) is 60.4 Å². The van der Waals surface area contributed by atoms with Gasteiger partial charge >= 0.3 is 0 Å². The quantitative estimate of drug-likeness (QED) is 0.339. The minimum atomic E-state index is -0.812. The van der Waals surface area contributed by atoms with Gasteiger partial charge in [0.2, 0.25) is 0 Å². The molecule has 2 aliphatic rings. The fourth-order valence-electron chi connectivity index (χ4n) is 4.72. The van der Waals surface area contributed by atoms with E-state index in [2.05, 4.69) is 0 Å². The number of hydrogen-bond acceptors (Lipinski definition) is 4. The zero-order chi connectivity index (χ0) is 23.8. The number of carbonyl (C=O) groups is 2. The van der Waals surface area contributed by atoms with Crippen molar-refractivity contribution in [1.29, 1.82) is 0 Å². The third kappa shape index (κ3) is 3.96. The second-order valence-electron chi connectivity index (χ2n) is 8.73. The van der Waals surface area contributed by atoms with Crippen molar-refractivity contribution < 1.29 is 23.8 Å². The molecule has 2 heterocycles. The molecule has 5 rings (SSSR count). The van der Waals surface area contributed by atoms with Crippen molar-refractivity contribution in [3.8, 4) is 5.75 Å². The van der Waals surface area contributed by atoms with Crippen LogP contribution in [-0.4, -0.2) is 34.3 Å². The van der Waals surface area contributed by atoms with E-state index in [9.17, 15) is 19.1 Å². The molecular formula is C28H24FNO4. The van der Waals surface area contributed by atoms with Crippen LogP contribution in [0.1, 0.15) is 35.2 Å². The predicted molar refractivity (Wildman–Crippen MR) is 126 cm³/mol. The molecular weight excluding hydrogens is 433 g/mol. The second kappa shape index (κ2) is 8.78. The summed E-state index contributed by atoms with van der Waals surface area (Å²) in [4.78, 5) is 27.7. The fourth-order valence-corrected chi connectivity index (χ4v) is 4.72. The van der Waals surface area contributed by atoms with Gasteiger partial charge in [-0.1, -0.05) is 42.5 Å². The van der Waals surface area contributed by atoms with E-state index in [0.717, 1.165) is 16.9 Å². The third-order valence-electron chi connectivity index (χ3n) is 6.38. The Morgan fingerprint density at radius 2 is 1.79 bits per heavy atom. The van der Waals surface area contributed by atoms with E-state index in [1.807, 2.05) is 37.3 Å². The van der Waals surface area contributed by atoms with Crippen LogP contribution in [0.2, 0.25) is 0 Å². The van der Waals surface area contributed by atoms with Gasteiger partial charge in [-0.15, -0.1) is 0 Å². The van der Waals surface area contributed by atoms with E-state index < -0.39 is 23.5 Å². The van der Waals surface area contributed by atoms with Gasteiger partial charge < -0.3 is 14.7 Å². The minimum absolute atomic E-state index is 0.0107. The van der Waals surface area contributed by atoms with Crippen LogP contribution in [0.25, 0.3) is 5.76 Å². The maximum absolute atomic E-state index is 13.7. The summed E-state index contributed by atoms with van der Waals surface area (Å²) in [6, 6.07) is 19.8. The molecule has 2 atom stereocenters. The monoisotopic (exact) mass is 457 g/mol. The molecule has 5 nitrogen and oxygen atoms in total. The number of aliphatic hydroxyl groups is 1. The molecule has 0 aromatic heterocycles. The molecule has 0 spiro atoms. The second-order valence-corrected chi connectivity index (χ2v) is 8.73. The van der Waals surface area contributed by atoms with Gasteiger partial charge in [0.25, 0.3) is 11.7 Å². The van der Waals surface area contributed by atoms with Crippen LogP contribution in [0.3, 0.4) is 0 Å². The number of benzene rings is 3. The summed E-state index contributed by atoms with van der Waals surface area (Å²) in [5, 5.41) is 11.3. The average molecular weight is 458 g/mol. The number of carbonyl (C=O) groups excluding carboxylic acids is 2. The Balaban J connectivity index is 1.57.